The molecular formula is C12H10F3NO5. The maximum absolute atomic E-state index is 13.0. The van der Waals surface area contributed by atoms with Crippen molar-refractivity contribution in [3.05, 3.63) is 17.7 Å². The van der Waals surface area contributed by atoms with E-state index in [9.17, 15) is 22.8 Å². The number of carbonyl (C=O) groups excluding carboxylic acids is 2. The Labute approximate surface area is 116 Å². The van der Waals surface area contributed by atoms with Crippen molar-refractivity contribution >= 4 is 17.6 Å². The minimum absolute atomic E-state index is 0.0549. The van der Waals surface area contributed by atoms with Crippen LogP contribution in [0.25, 0.3) is 0 Å². The number of anilines is 1. The summed E-state index contributed by atoms with van der Waals surface area (Å²) in [7, 11) is 1.08. The van der Waals surface area contributed by atoms with Gasteiger partial charge in [-0.05, 0) is 6.07 Å². The molecule has 1 aromatic rings. The number of amides is 1. The highest BCUT2D eigenvalue weighted by Gasteiger charge is 2.38. The third-order valence-electron chi connectivity index (χ3n) is 2.60. The van der Waals surface area contributed by atoms with Crippen LogP contribution in [0.3, 0.4) is 0 Å². The first-order chi connectivity index (χ1) is 9.74. The summed E-state index contributed by atoms with van der Waals surface area (Å²) in [6.45, 7) is 0.561. The number of methoxy groups -OCH3 is 1. The van der Waals surface area contributed by atoms with Crippen LogP contribution in [0.5, 0.6) is 11.5 Å². The highest BCUT2D eigenvalue weighted by atomic mass is 19.4. The molecule has 0 spiro atoms. The molecule has 0 aliphatic carbocycles. The highest BCUT2D eigenvalue weighted by molar-refractivity contribution is 5.97. The Balaban J connectivity index is 2.58. The quantitative estimate of drug-likeness (QED) is 0.835. The first-order valence-electron chi connectivity index (χ1n) is 5.67. The molecule has 0 fully saturated rings. The van der Waals surface area contributed by atoms with Gasteiger partial charge in [-0.3, -0.25) is 4.79 Å². The zero-order valence-electron chi connectivity index (χ0n) is 11.0. The number of hydrogen-bond donors (Lipinski definition) is 0. The molecule has 1 aliphatic rings. The second-order valence-electron chi connectivity index (χ2n) is 4.08. The van der Waals surface area contributed by atoms with Crippen LogP contribution in [0.1, 0.15) is 12.5 Å². The van der Waals surface area contributed by atoms with Crippen molar-refractivity contribution in [2.24, 2.45) is 0 Å². The van der Waals surface area contributed by atoms with E-state index in [4.69, 9.17) is 4.74 Å². The monoisotopic (exact) mass is 305 g/mol. The Bertz CT molecular complexity index is 599. The van der Waals surface area contributed by atoms with Gasteiger partial charge in [0.1, 0.15) is 11.4 Å². The molecule has 0 radical (unpaired) electrons. The minimum Gasteiger partial charge on any atom is -0.496 e. The Kier molecular flexibility index (Phi) is 3.67. The fraction of sp³-hybridized carbons (Fsp3) is 0.333. The molecule has 2 rings (SSSR count). The summed E-state index contributed by atoms with van der Waals surface area (Å²) in [6, 6.07) is 1.62. The number of ether oxygens (including phenoxy) is 2. The van der Waals surface area contributed by atoms with Gasteiger partial charge in [0.25, 0.3) is 5.91 Å². The van der Waals surface area contributed by atoms with Crippen LogP contribution in [0.15, 0.2) is 12.1 Å². The number of carbonyl (C=O) groups is 2. The van der Waals surface area contributed by atoms with Crippen LogP contribution in [0.4, 0.5) is 18.9 Å². The van der Waals surface area contributed by atoms with Crippen molar-refractivity contribution in [1.29, 1.82) is 0 Å². The number of hydroxylamine groups is 1. The molecule has 0 bridgehead atoms. The third-order valence-corrected chi connectivity index (χ3v) is 2.60. The summed E-state index contributed by atoms with van der Waals surface area (Å²) >= 11 is 0. The molecule has 114 valence electrons. The van der Waals surface area contributed by atoms with E-state index >= 15 is 0 Å². The maximum atomic E-state index is 13.0. The van der Waals surface area contributed by atoms with Crippen molar-refractivity contribution in [3.8, 4) is 11.5 Å². The molecule has 1 amide bonds. The van der Waals surface area contributed by atoms with Crippen molar-refractivity contribution in [3.63, 3.8) is 0 Å². The number of benzene rings is 1. The lowest BCUT2D eigenvalue weighted by molar-refractivity contribution is -0.149. The Morgan fingerprint density at radius 1 is 1.38 bits per heavy atom. The summed E-state index contributed by atoms with van der Waals surface area (Å²) < 4.78 is 48.6. The van der Waals surface area contributed by atoms with Gasteiger partial charge in [0.15, 0.2) is 12.4 Å². The van der Waals surface area contributed by atoms with Crippen LogP contribution >= 0.6 is 0 Å². The van der Waals surface area contributed by atoms with Crippen LogP contribution in [-0.2, 0) is 20.6 Å². The molecule has 0 atom stereocenters. The fourth-order valence-corrected chi connectivity index (χ4v) is 1.78. The molecule has 21 heavy (non-hydrogen) atoms. The number of halogens is 3. The van der Waals surface area contributed by atoms with E-state index in [1.807, 2.05) is 0 Å². The van der Waals surface area contributed by atoms with Gasteiger partial charge in [-0.2, -0.15) is 13.2 Å². The Morgan fingerprint density at radius 3 is 2.57 bits per heavy atom. The molecule has 1 heterocycles. The summed E-state index contributed by atoms with van der Waals surface area (Å²) in [5.41, 5.74) is -1.42. The molecule has 1 aliphatic heterocycles. The number of alkyl halides is 3. The molecule has 0 saturated heterocycles. The first-order valence-corrected chi connectivity index (χ1v) is 5.67. The number of rotatable bonds is 2. The number of hydrogen-bond acceptors (Lipinski definition) is 5. The number of nitrogens with zero attached hydrogens (tertiary/aromatic N) is 1. The van der Waals surface area contributed by atoms with Gasteiger partial charge < -0.3 is 14.3 Å². The van der Waals surface area contributed by atoms with Gasteiger partial charge in [0, 0.05) is 13.0 Å². The molecule has 0 unspecified atom stereocenters. The van der Waals surface area contributed by atoms with Crippen LogP contribution in [-0.4, -0.2) is 25.6 Å². The predicted octanol–water partition coefficient (Wildman–Crippen LogP) is 1.92. The zero-order chi connectivity index (χ0) is 15.8. The normalized spacial score (nSPS) is 14.3. The van der Waals surface area contributed by atoms with Crippen molar-refractivity contribution < 1.29 is 37.1 Å². The second-order valence-corrected chi connectivity index (χ2v) is 4.08. The number of fused-ring (bicyclic) bond motifs is 1. The van der Waals surface area contributed by atoms with Crippen LogP contribution in [0.2, 0.25) is 0 Å². The van der Waals surface area contributed by atoms with Crippen LogP contribution in [0, 0.1) is 0 Å². The van der Waals surface area contributed by atoms with E-state index < -0.39 is 36.0 Å². The van der Waals surface area contributed by atoms with Gasteiger partial charge in [0.05, 0.1) is 12.7 Å². The van der Waals surface area contributed by atoms with E-state index in [-0.39, 0.29) is 11.4 Å². The third kappa shape index (κ3) is 2.86. The van der Waals surface area contributed by atoms with Crippen molar-refractivity contribution in [1.82, 2.24) is 0 Å². The van der Waals surface area contributed by atoms with E-state index in [1.165, 1.54) is 0 Å². The lowest BCUT2D eigenvalue weighted by Gasteiger charge is -2.28. The summed E-state index contributed by atoms with van der Waals surface area (Å²) in [4.78, 5) is 27.2. The largest absolute Gasteiger partial charge is 0.496 e. The van der Waals surface area contributed by atoms with Gasteiger partial charge in [-0.25, -0.2) is 4.79 Å². The second kappa shape index (κ2) is 5.15. The van der Waals surface area contributed by atoms with E-state index in [0.717, 1.165) is 20.1 Å². The molecule has 1 aromatic carbocycles. The summed E-state index contributed by atoms with van der Waals surface area (Å²) in [5.74, 6) is -2.16. The predicted molar refractivity (Wildman–Crippen MR) is 62.7 cm³/mol. The van der Waals surface area contributed by atoms with Gasteiger partial charge in [-0.1, -0.05) is 0 Å². The SMILES string of the molecule is COc1cc2c(cc1C(F)(F)F)N(OC(C)=O)C(=O)CO2. The Hall–Kier alpha value is -2.45. The molecule has 0 N–H and O–H groups in total. The molecule has 0 aromatic heterocycles. The topological polar surface area (TPSA) is 65.1 Å². The van der Waals surface area contributed by atoms with Gasteiger partial charge in [0.2, 0.25) is 0 Å². The lowest BCUT2D eigenvalue weighted by atomic mass is 10.1. The molecule has 9 heteroatoms. The fourth-order valence-electron chi connectivity index (χ4n) is 1.78. The van der Waals surface area contributed by atoms with Gasteiger partial charge >= 0.3 is 12.1 Å². The van der Waals surface area contributed by atoms with Crippen LogP contribution < -0.4 is 14.5 Å². The summed E-state index contributed by atoms with van der Waals surface area (Å²) in [6.07, 6.45) is -4.71. The smallest absolute Gasteiger partial charge is 0.420 e. The standard InChI is InChI=1S/C12H10F3NO5/c1-6(17)21-16-8-3-7(12(13,14)15)9(19-2)4-10(8)20-5-11(16)18/h3-4H,5H2,1-2H3. The first kappa shape index (κ1) is 14.9. The average molecular weight is 305 g/mol. The zero-order valence-corrected chi connectivity index (χ0v) is 11.0. The van der Waals surface area contributed by atoms with E-state index in [0.29, 0.717) is 11.1 Å². The molecular weight excluding hydrogens is 295 g/mol. The molecule has 0 saturated carbocycles. The average Bonchev–Trinajstić information content (AvgIpc) is 2.39. The lowest BCUT2D eigenvalue weighted by Crippen LogP contribution is -2.40. The van der Waals surface area contributed by atoms with E-state index in [1.54, 1.807) is 0 Å². The maximum Gasteiger partial charge on any atom is 0.420 e. The van der Waals surface area contributed by atoms with E-state index in [2.05, 4.69) is 9.57 Å². The summed E-state index contributed by atoms with van der Waals surface area (Å²) in [5, 5.41) is 0.482. The molecule has 6 nitrogen and oxygen atoms in total. The van der Waals surface area contributed by atoms with Crippen molar-refractivity contribution in [2.75, 3.05) is 18.8 Å². The van der Waals surface area contributed by atoms with Gasteiger partial charge in [-0.15, -0.1) is 5.06 Å². The minimum atomic E-state index is -4.71. The Morgan fingerprint density at radius 2 is 2.05 bits per heavy atom. The van der Waals surface area contributed by atoms with Crippen molar-refractivity contribution in [2.45, 2.75) is 13.1 Å². The highest BCUT2D eigenvalue weighted by Crippen LogP contribution is 2.44.